The quantitative estimate of drug-likeness (QED) is 0.829. The van der Waals surface area contributed by atoms with Gasteiger partial charge in [0, 0.05) is 25.7 Å². The minimum Gasteiger partial charge on any atom is -0.351 e. The van der Waals surface area contributed by atoms with E-state index in [0.29, 0.717) is 12.1 Å². The van der Waals surface area contributed by atoms with Crippen molar-refractivity contribution in [3.63, 3.8) is 0 Å². The Kier molecular flexibility index (Phi) is 5.82. The van der Waals surface area contributed by atoms with Gasteiger partial charge in [0.15, 0.2) is 0 Å². The van der Waals surface area contributed by atoms with Crippen molar-refractivity contribution >= 4 is 5.91 Å². The number of hydrogen-bond donors (Lipinski definition) is 1. The van der Waals surface area contributed by atoms with E-state index in [4.69, 9.17) is 0 Å². The predicted molar refractivity (Wildman–Crippen MR) is 81.8 cm³/mol. The molecule has 1 saturated heterocycles. The van der Waals surface area contributed by atoms with E-state index in [2.05, 4.69) is 10.2 Å². The van der Waals surface area contributed by atoms with Crippen LogP contribution < -0.4 is 5.32 Å². The molecule has 8 heteroatoms. The number of nitrogens with zero attached hydrogens (tertiary/aromatic N) is 2. The highest BCUT2D eigenvalue weighted by Gasteiger charge is 2.31. The van der Waals surface area contributed by atoms with Crippen LogP contribution in [0.1, 0.15) is 17.5 Å². The van der Waals surface area contributed by atoms with Gasteiger partial charge in [-0.25, -0.2) is 4.39 Å². The molecule has 1 aliphatic rings. The number of benzene rings is 1. The molecule has 0 spiro atoms. The van der Waals surface area contributed by atoms with Crippen LogP contribution in [-0.2, 0) is 17.5 Å². The number of likely N-dealkylation sites (tertiary alicyclic amines) is 1. The minimum absolute atomic E-state index is 0.0864. The van der Waals surface area contributed by atoms with Gasteiger partial charge in [0.25, 0.3) is 0 Å². The lowest BCUT2D eigenvalue weighted by atomic mass is 10.1. The van der Waals surface area contributed by atoms with Crippen LogP contribution in [0, 0.1) is 5.82 Å². The molecule has 0 saturated carbocycles. The van der Waals surface area contributed by atoms with Gasteiger partial charge in [-0.1, -0.05) is 0 Å². The third-order valence-corrected chi connectivity index (χ3v) is 4.12. The van der Waals surface area contributed by atoms with Gasteiger partial charge in [-0.2, -0.15) is 13.2 Å². The lowest BCUT2D eigenvalue weighted by Gasteiger charge is -2.20. The summed E-state index contributed by atoms with van der Waals surface area (Å²) in [6.07, 6.45) is -3.64. The summed E-state index contributed by atoms with van der Waals surface area (Å²) < 4.78 is 51.3. The number of rotatable bonds is 5. The van der Waals surface area contributed by atoms with E-state index < -0.39 is 17.6 Å². The van der Waals surface area contributed by atoms with Crippen molar-refractivity contribution in [3.8, 4) is 0 Å². The Hall–Kier alpha value is -1.67. The van der Waals surface area contributed by atoms with Gasteiger partial charge in [-0.05, 0) is 44.3 Å². The number of amides is 1. The molecule has 0 aromatic heterocycles. The molecule has 1 amide bonds. The second-order valence-electron chi connectivity index (χ2n) is 6.26. The Labute approximate surface area is 138 Å². The van der Waals surface area contributed by atoms with Gasteiger partial charge >= 0.3 is 6.18 Å². The van der Waals surface area contributed by atoms with Gasteiger partial charge in [0.1, 0.15) is 5.82 Å². The molecular weight excluding hydrogens is 326 g/mol. The third kappa shape index (κ3) is 5.17. The molecule has 0 aliphatic carbocycles. The van der Waals surface area contributed by atoms with Crippen molar-refractivity contribution in [2.24, 2.45) is 0 Å². The summed E-state index contributed by atoms with van der Waals surface area (Å²) in [5, 5.41) is 2.55. The van der Waals surface area contributed by atoms with Crippen LogP contribution in [0.5, 0.6) is 0 Å². The lowest BCUT2D eigenvalue weighted by molar-refractivity contribution is -0.137. The second-order valence-corrected chi connectivity index (χ2v) is 6.26. The fraction of sp³-hybridized carbons (Fsp3) is 0.562. The highest BCUT2D eigenvalue weighted by molar-refractivity contribution is 5.78. The first-order valence-corrected chi connectivity index (χ1v) is 7.67. The molecule has 1 atom stereocenters. The van der Waals surface area contributed by atoms with E-state index in [1.54, 1.807) is 0 Å². The lowest BCUT2D eigenvalue weighted by Crippen LogP contribution is -2.38. The van der Waals surface area contributed by atoms with Crippen LogP contribution >= 0.6 is 0 Å². The van der Waals surface area contributed by atoms with Crippen molar-refractivity contribution in [2.75, 3.05) is 33.7 Å². The van der Waals surface area contributed by atoms with E-state index in [0.717, 1.165) is 31.6 Å². The molecule has 0 bridgehead atoms. The molecule has 1 fully saturated rings. The van der Waals surface area contributed by atoms with Crippen molar-refractivity contribution in [3.05, 3.63) is 35.1 Å². The molecule has 1 aromatic carbocycles. The molecule has 2 rings (SSSR count). The summed E-state index contributed by atoms with van der Waals surface area (Å²) in [6, 6.07) is 2.68. The van der Waals surface area contributed by atoms with Crippen LogP contribution in [0.25, 0.3) is 0 Å². The van der Waals surface area contributed by atoms with Gasteiger partial charge in [0.05, 0.1) is 12.1 Å². The molecule has 1 heterocycles. The highest BCUT2D eigenvalue weighted by atomic mass is 19.4. The largest absolute Gasteiger partial charge is 0.416 e. The van der Waals surface area contributed by atoms with E-state index in [1.807, 2.05) is 19.0 Å². The first-order chi connectivity index (χ1) is 11.1. The van der Waals surface area contributed by atoms with Crippen molar-refractivity contribution in [1.82, 2.24) is 15.1 Å². The number of halogens is 4. The normalized spacial score (nSPS) is 19.0. The summed E-state index contributed by atoms with van der Waals surface area (Å²) in [4.78, 5) is 16.0. The maximum absolute atomic E-state index is 13.3. The fourth-order valence-corrected chi connectivity index (χ4v) is 2.75. The summed E-state index contributed by atoms with van der Waals surface area (Å²) >= 11 is 0. The average molecular weight is 347 g/mol. The standard InChI is InChI=1S/C16H21F4N3O/c1-22(2)14-3-4-23(9-14)10-15(24)21-8-11-5-12(16(18,19)20)7-13(17)6-11/h5-7,14H,3-4,8-10H2,1-2H3,(H,21,24). The number of carbonyl (C=O) groups excluding carboxylic acids is 1. The molecule has 24 heavy (non-hydrogen) atoms. The SMILES string of the molecule is CN(C)C1CCN(CC(=O)NCc2cc(F)cc(C(F)(F)F)c2)C1. The number of nitrogens with one attached hydrogen (secondary N) is 1. The summed E-state index contributed by atoms with van der Waals surface area (Å²) in [6.45, 7) is 1.63. The first kappa shape index (κ1) is 18.7. The molecule has 0 radical (unpaired) electrons. The average Bonchev–Trinajstić information content (AvgIpc) is 2.92. The molecular formula is C16H21F4N3O. The maximum Gasteiger partial charge on any atom is 0.416 e. The van der Waals surface area contributed by atoms with Gasteiger partial charge in [-0.15, -0.1) is 0 Å². The second kappa shape index (κ2) is 7.48. The summed E-state index contributed by atoms with van der Waals surface area (Å²) in [5.41, 5.74) is -0.969. The third-order valence-electron chi connectivity index (χ3n) is 4.12. The van der Waals surface area contributed by atoms with E-state index in [-0.39, 0.29) is 24.6 Å². The Bertz CT molecular complexity index is 589. The van der Waals surface area contributed by atoms with Crippen molar-refractivity contribution < 1.29 is 22.4 Å². The number of alkyl halides is 3. The molecule has 134 valence electrons. The van der Waals surface area contributed by atoms with E-state index in [9.17, 15) is 22.4 Å². The van der Waals surface area contributed by atoms with Crippen LogP contribution in [0.15, 0.2) is 18.2 Å². The highest BCUT2D eigenvalue weighted by Crippen LogP contribution is 2.30. The number of hydrogen-bond acceptors (Lipinski definition) is 3. The summed E-state index contributed by atoms with van der Waals surface area (Å²) in [7, 11) is 3.97. The molecule has 1 N–H and O–H groups in total. The van der Waals surface area contributed by atoms with E-state index >= 15 is 0 Å². The zero-order valence-electron chi connectivity index (χ0n) is 13.7. The Morgan fingerprint density at radius 1 is 1.33 bits per heavy atom. The Morgan fingerprint density at radius 3 is 2.62 bits per heavy atom. The topological polar surface area (TPSA) is 35.6 Å². The number of likely N-dealkylation sites (N-methyl/N-ethyl adjacent to an activating group) is 1. The molecule has 4 nitrogen and oxygen atoms in total. The predicted octanol–water partition coefficient (Wildman–Crippen LogP) is 2.10. The van der Waals surface area contributed by atoms with Crippen LogP contribution in [0.4, 0.5) is 17.6 Å². The first-order valence-electron chi connectivity index (χ1n) is 7.67. The molecule has 1 aliphatic heterocycles. The van der Waals surface area contributed by atoms with Gasteiger partial charge in [-0.3, -0.25) is 9.69 Å². The van der Waals surface area contributed by atoms with Crippen LogP contribution in [-0.4, -0.2) is 55.5 Å². The van der Waals surface area contributed by atoms with Crippen LogP contribution in [0.2, 0.25) is 0 Å². The number of carbonyl (C=O) groups is 1. The van der Waals surface area contributed by atoms with Gasteiger partial charge < -0.3 is 10.2 Å². The summed E-state index contributed by atoms with van der Waals surface area (Å²) in [5.74, 6) is -1.25. The Morgan fingerprint density at radius 2 is 2.04 bits per heavy atom. The molecule has 1 aromatic rings. The monoisotopic (exact) mass is 347 g/mol. The Balaban J connectivity index is 1.87. The molecule has 1 unspecified atom stereocenters. The van der Waals surface area contributed by atoms with Crippen molar-refractivity contribution in [1.29, 1.82) is 0 Å². The van der Waals surface area contributed by atoms with Crippen LogP contribution in [0.3, 0.4) is 0 Å². The maximum atomic E-state index is 13.3. The zero-order chi connectivity index (χ0) is 17.9. The van der Waals surface area contributed by atoms with Crippen molar-refractivity contribution in [2.45, 2.75) is 25.2 Å². The van der Waals surface area contributed by atoms with E-state index in [1.165, 1.54) is 0 Å². The minimum atomic E-state index is -4.61. The van der Waals surface area contributed by atoms with Gasteiger partial charge in [0.2, 0.25) is 5.91 Å². The fourth-order valence-electron chi connectivity index (χ4n) is 2.75. The smallest absolute Gasteiger partial charge is 0.351 e. The zero-order valence-corrected chi connectivity index (χ0v) is 13.7.